The zero-order chi connectivity index (χ0) is 30.3. The molecule has 3 nitrogen and oxygen atoms in total. The van der Waals surface area contributed by atoms with Crippen LogP contribution in [-0.2, 0) is 17.2 Å². The van der Waals surface area contributed by atoms with Gasteiger partial charge in [-0.25, -0.2) is 0 Å². The summed E-state index contributed by atoms with van der Waals surface area (Å²) in [5.74, 6) is -1.99. The Labute approximate surface area is 249 Å². The van der Waals surface area contributed by atoms with Crippen LogP contribution in [0.3, 0.4) is 0 Å². The van der Waals surface area contributed by atoms with E-state index in [2.05, 4.69) is 13.0 Å². The second-order valence-corrected chi connectivity index (χ2v) is 15.8. The smallest absolute Gasteiger partial charge is 0.453 e. The minimum Gasteiger partial charge on any atom is -0.508 e. The van der Waals surface area contributed by atoms with Crippen LogP contribution in [0.5, 0.6) is 5.75 Å². The standard InChI is InChI=1S/C33H47F5O3S/c1-30-14-12-26-25-11-10-24(39)20-23(25)19-22(29(26)27(30)21-28(40)31(30)15-16-31)9-6-4-2-3-5-7-17-42(41)18-8-13-32(34,35)33(36,37)38/h10-11,20,22,26-29,39-40H,2-9,12-19,21H2,1H3/t22?,26?,27?,28-,29?,30+,42?/m1/s1. The first-order valence-corrected chi connectivity index (χ1v) is 17.6. The molecule has 1 aromatic carbocycles. The first-order valence-electron chi connectivity index (χ1n) is 16.1. The Morgan fingerprint density at radius 1 is 0.952 bits per heavy atom. The summed E-state index contributed by atoms with van der Waals surface area (Å²) >= 11 is 0. The summed E-state index contributed by atoms with van der Waals surface area (Å²) < 4.78 is 74.8. The lowest BCUT2D eigenvalue weighted by Crippen LogP contribution is -2.46. The number of alkyl halides is 5. The van der Waals surface area contributed by atoms with Gasteiger partial charge in [-0.2, -0.15) is 22.0 Å². The van der Waals surface area contributed by atoms with Gasteiger partial charge in [0.1, 0.15) is 5.75 Å². The summed E-state index contributed by atoms with van der Waals surface area (Å²) in [5.41, 5.74) is 3.06. The lowest BCUT2D eigenvalue weighted by molar-refractivity contribution is -0.284. The predicted molar refractivity (Wildman–Crippen MR) is 155 cm³/mol. The molecule has 1 aromatic rings. The molecule has 0 amide bonds. The van der Waals surface area contributed by atoms with E-state index < -0.39 is 35.7 Å². The summed E-state index contributed by atoms with van der Waals surface area (Å²) in [6.45, 7) is 2.46. The Balaban J connectivity index is 1.06. The highest BCUT2D eigenvalue weighted by molar-refractivity contribution is 7.84. The van der Waals surface area contributed by atoms with Crippen LogP contribution in [0, 0.1) is 28.6 Å². The predicted octanol–water partition coefficient (Wildman–Crippen LogP) is 8.68. The highest BCUT2D eigenvalue weighted by Gasteiger charge is 2.71. The first kappa shape index (κ1) is 32.2. The molecule has 0 aromatic heterocycles. The van der Waals surface area contributed by atoms with Crippen LogP contribution in [0.4, 0.5) is 22.0 Å². The number of fused-ring (bicyclic) bond motifs is 6. The maximum atomic E-state index is 13.0. The number of benzene rings is 1. The van der Waals surface area contributed by atoms with Gasteiger partial charge in [0.25, 0.3) is 0 Å². The normalized spacial score (nSPS) is 32.3. The van der Waals surface area contributed by atoms with Crippen molar-refractivity contribution in [1.82, 2.24) is 0 Å². The third-order valence-electron chi connectivity index (χ3n) is 11.8. The quantitative estimate of drug-likeness (QED) is 0.172. The summed E-state index contributed by atoms with van der Waals surface area (Å²) in [4.78, 5) is 0. The molecule has 5 unspecified atom stereocenters. The Morgan fingerprint density at radius 2 is 1.62 bits per heavy atom. The lowest BCUT2D eigenvalue weighted by atomic mass is 9.50. The average molecular weight is 619 g/mol. The number of phenols is 1. The first-order chi connectivity index (χ1) is 19.8. The highest BCUT2D eigenvalue weighted by atomic mass is 32.2. The van der Waals surface area contributed by atoms with Gasteiger partial charge in [-0.15, -0.1) is 0 Å². The van der Waals surface area contributed by atoms with Crippen molar-refractivity contribution in [3.8, 4) is 5.75 Å². The monoisotopic (exact) mass is 618 g/mol. The van der Waals surface area contributed by atoms with Gasteiger partial charge in [0, 0.05) is 34.1 Å². The fourth-order valence-corrected chi connectivity index (χ4v) is 10.6. The minimum atomic E-state index is -5.55. The van der Waals surface area contributed by atoms with Gasteiger partial charge in [0.2, 0.25) is 0 Å². The number of halogens is 5. The molecule has 5 rings (SSSR count). The molecule has 4 aliphatic rings. The number of aromatic hydroxyl groups is 1. The number of unbranched alkanes of at least 4 members (excludes halogenated alkanes) is 5. The van der Waals surface area contributed by atoms with Crippen molar-refractivity contribution in [2.24, 2.45) is 28.6 Å². The van der Waals surface area contributed by atoms with Gasteiger partial charge < -0.3 is 10.2 Å². The van der Waals surface area contributed by atoms with Gasteiger partial charge in [-0.3, -0.25) is 4.21 Å². The van der Waals surface area contributed by atoms with E-state index in [0.717, 1.165) is 70.6 Å². The van der Waals surface area contributed by atoms with Crippen LogP contribution in [0.2, 0.25) is 0 Å². The van der Waals surface area contributed by atoms with Crippen LogP contribution in [0.15, 0.2) is 18.2 Å². The van der Waals surface area contributed by atoms with Crippen molar-refractivity contribution in [2.45, 2.75) is 127 Å². The van der Waals surface area contributed by atoms with Gasteiger partial charge in [0.15, 0.2) is 0 Å². The SMILES string of the molecule is C[C@]12CCC3c4ccc(O)cc4CC(CCCCCCCCS(=O)CCCC(F)(F)C(F)(F)F)C3C1C[C@@H](O)C21CC1. The van der Waals surface area contributed by atoms with Crippen molar-refractivity contribution in [3.63, 3.8) is 0 Å². The Hall–Kier alpha value is -1.22. The van der Waals surface area contributed by atoms with Crippen LogP contribution in [0.1, 0.15) is 114 Å². The fourth-order valence-electron chi connectivity index (χ4n) is 9.40. The fraction of sp³-hybridized carbons (Fsp3) is 0.818. The van der Waals surface area contributed by atoms with E-state index >= 15 is 0 Å². The van der Waals surface area contributed by atoms with E-state index in [1.54, 1.807) is 0 Å². The molecule has 238 valence electrons. The largest absolute Gasteiger partial charge is 0.508 e. The van der Waals surface area contributed by atoms with Crippen molar-refractivity contribution in [3.05, 3.63) is 29.3 Å². The van der Waals surface area contributed by atoms with Crippen LogP contribution in [-0.4, -0.2) is 44.1 Å². The zero-order valence-electron chi connectivity index (χ0n) is 24.7. The molecule has 0 heterocycles. The molecule has 9 heteroatoms. The van der Waals surface area contributed by atoms with E-state index in [1.807, 2.05) is 12.1 Å². The van der Waals surface area contributed by atoms with Crippen molar-refractivity contribution < 1.29 is 36.4 Å². The third kappa shape index (κ3) is 6.16. The third-order valence-corrected chi connectivity index (χ3v) is 13.3. The molecule has 0 radical (unpaired) electrons. The Morgan fingerprint density at radius 3 is 2.31 bits per heavy atom. The van der Waals surface area contributed by atoms with Gasteiger partial charge in [0.05, 0.1) is 6.10 Å². The number of hydrogen-bond donors (Lipinski definition) is 2. The summed E-state index contributed by atoms with van der Waals surface area (Å²) in [5, 5.41) is 21.4. The van der Waals surface area contributed by atoms with Crippen LogP contribution >= 0.6 is 0 Å². The molecule has 3 fully saturated rings. The number of rotatable bonds is 13. The lowest BCUT2D eigenvalue weighted by Gasteiger charge is -2.54. The van der Waals surface area contributed by atoms with Crippen molar-refractivity contribution in [1.29, 1.82) is 0 Å². The molecule has 7 atom stereocenters. The topological polar surface area (TPSA) is 57.5 Å². The van der Waals surface area contributed by atoms with Gasteiger partial charge >= 0.3 is 12.1 Å². The molecular weight excluding hydrogens is 571 g/mol. The average Bonchev–Trinajstić information content (AvgIpc) is 3.70. The molecule has 2 N–H and O–H groups in total. The molecule has 0 bridgehead atoms. The second kappa shape index (κ2) is 12.3. The molecule has 3 saturated carbocycles. The van der Waals surface area contributed by atoms with Gasteiger partial charge in [-0.1, -0.05) is 45.1 Å². The summed E-state index contributed by atoms with van der Waals surface area (Å²) in [6, 6.07) is 5.94. The molecule has 0 aliphatic heterocycles. The van der Waals surface area contributed by atoms with Crippen molar-refractivity contribution in [2.75, 3.05) is 11.5 Å². The Kier molecular flexibility index (Phi) is 9.41. The number of aliphatic hydroxyl groups excluding tert-OH is 1. The van der Waals surface area contributed by atoms with E-state index in [0.29, 0.717) is 41.6 Å². The van der Waals surface area contributed by atoms with E-state index in [-0.39, 0.29) is 22.7 Å². The van der Waals surface area contributed by atoms with E-state index in [4.69, 9.17) is 0 Å². The Bertz CT molecular complexity index is 1120. The van der Waals surface area contributed by atoms with Crippen LogP contribution < -0.4 is 0 Å². The van der Waals surface area contributed by atoms with Crippen LogP contribution in [0.25, 0.3) is 0 Å². The summed E-state index contributed by atoms with van der Waals surface area (Å²) in [6.07, 6.45) is 6.13. The molecule has 4 aliphatic carbocycles. The molecular formula is C33H47F5O3S. The van der Waals surface area contributed by atoms with E-state index in [1.165, 1.54) is 17.5 Å². The minimum absolute atomic E-state index is 0.117. The molecule has 0 saturated heterocycles. The highest BCUT2D eigenvalue weighted by Crippen LogP contribution is 2.76. The summed E-state index contributed by atoms with van der Waals surface area (Å²) in [7, 11) is -1.36. The molecule has 1 spiro atoms. The maximum absolute atomic E-state index is 13.0. The number of aliphatic hydroxyl groups is 1. The van der Waals surface area contributed by atoms with Crippen molar-refractivity contribution >= 4 is 10.8 Å². The zero-order valence-corrected chi connectivity index (χ0v) is 25.6. The maximum Gasteiger partial charge on any atom is 0.453 e. The molecule has 42 heavy (non-hydrogen) atoms. The second-order valence-electron chi connectivity index (χ2n) is 14.1. The van der Waals surface area contributed by atoms with Gasteiger partial charge in [-0.05, 0) is 110 Å². The van der Waals surface area contributed by atoms with E-state index in [9.17, 15) is 36.4 Å². The number of hydrogen-bond acceptors (Lipinski definition) is 3. The number of phenolic OH excluding ortho intramolecular Hbond substituents is 1.